The first-order chi connectivity index (χ1) is 7.88. The maximum Gasteiger partial charge on any atom is 0.233 e. The lowest BCUT2D eigenvalue weighted by atomic mass is 10.3. The van der Waals surface area contributed by atoms with Gasteiger partial charge in [-0.2, -0.15) is 5.10 Å². The Morgan fingerprint density at radius 2 is 2.25 bits per heavy atom. The van der Waals surface area contributed by atoms with Gasteiger partial charge >= 0.3 is 0 Å². The maximum atomic E-state index is 5.52. The van der Waals surface area contributed by atoms with Gasteiger partial charge in [0.2, 0.25) is 5.88 Å². The first-order valence-corrected chi connectivity index (χ1v) is 6.04. The summed E-state index contributed by atoms with van der Waals surface area (Å²) in [6.07, 6.45) is 3.73. The largest absolute Gasteiger partial charge is 0.476 e. The summed E-state index contributed by atoms with van der Waals surface area (Å²) in [5.74, 6) is 1.40. The molecule has 0 unspecified atom stereocenters. The van der Waals surface area contributed by atoms with Crippen molar-refractivity contribution >= 4 is 0 Å². The summed E-state index contributed by atoms with van der Waals surface area (Å²) in [6, 6.07) is 3.87. The molecule has 2 rings (SSSR count). The highest BCUT2D eigenvalue weighted by molar-refractivity contribution is 5.11. The molecule has 0 amide bonds. The first-order valence-electron chi connectivity index (χ1n) is 6.04. The van der Waals surface area contributed by atoms with Crippen LogP contribution in [-0.2, 0) is 6.54 Å². The van der Waals surface area contributed by atoms with E-state index in [4.69, 9.17) is 4.74 Å². The normalized spacial score (nSPS) is 15.1. The number of nitrogens with one attached hydrogen (secondary N) is 1. The SMILES string of the molecule is CCCNCc1ccc(OCC2CC2)nn1. The van der Waals surface area contributed by atoms with Crippen LogP contribution in [0, 0.1) is 5.92 Å². The molecule has 1 aromatic rings. The van der Waals surface area contributed by atoms with Gasteiger partial charge in [-0.05, 0) is 37.8 Å². The molecule has 88 valence electrons. The quantitative estimate of drug-likeness (QED) is 0.713. The zero-order valence-corrected chi connectivity index (χ0v) is 9.78. The summed E-state index contributed by atoms with van der Waals surface area (Å²) >= 11 is 0. The molecule has 0 saturated heterocycles. The Morgan fingerprint density at radius 1 is 1.38 bits per heavy atom. The second-order valence-corrected chi connectivity index (χ2v) is 4.29. The van der Waals surface area contributed by atoms with Gasteiger partial charge in [0.25, 0.3) is 0 Å². The molecule has 1 aliphatic carbocycles. The van der Waals surface area contributed by atoms with Gasteiger partial charge in [-0.25, -0.2) is 0 Å². The number of nitrogens with zero attached hydrogens (tertiary/aromatic N) is 2. The zero-order valence-electron chi connectivity index (χ0n) is 9.78. The molecule has 0 aliphatic heterocycles. The average Bonchev–Trinajstić information content (AvgIpc) is 3.12. The van der Waals surface area contributed by atoms with Crippen molar-refractivity contribution in [2.45, 2.75) is 32.7 Å². The lowest BCUT2D eigenvalue weighted by molar-refractivity contribution is 0.284. The number of hydrogen-bond acceptors (Lipinski definition) is 4. The maximum absolute atomic E-state index is 5.52. The fourth-order valence-electron chi connectivity index (χ4n) is 1.40. The Kier molecular flexibility index (Phi) is 4.10. The van der Waals surface area contributed by atoms with Crippen molar-refractivity contribution in [3.63, 3.8) is 0 Å². The van der Waals surface area contributed by atoms with Crippen LogP contribution in [0.5, 0.6) is 5.88 Å². The summed E-state index contributed by atoms with van der Waals surface area (Å²) in [5, 5.41) is 11.4. The van der Waals surface area contributed by atoms with Crippen LogP contribution in [-0.4, -0.2) is 23.3 Å². The van der Waals surface area contributed by atoms with E-state index in [9.17, 15) is 0 Å². The molecule has 0 bridgehead atoms. The van der Waals surface area contributed by atoms with Gasteiger partial charge in [0.1, 0.15) is 0 Å². The molecule has 0 atom stereocenters. The fraction of sp³-hybridized carbons (Fsp3) is 0.667. The molecule has 1 aliphatic rings. The molecule has 16 heavy (non-hydrogen) atoms. The molecular formula is C12H19N3O. The standard InChI is InChI=1S/C12H19N3O/c1-2-7-13-8-11-5-6-12(15-14-11)16-9-10-3-4-10/h5-6,10,13H,2-4,7-9H2,1H3. The second-order valence-electron chi connectivity index (χ2n) is 4.29. The molecular weight excluding hydrogens is 202 g/mol. The molecule has 0 spiro atoms. The van der Waals surface area contributed by atoms with E-state index in [1.54, 1.807) is 0 Å². The van der Waals surface area contributed by atoms with Gasteiger partial charge in [0.15, 0.2) is 0 Å². The van der Waals surface area contributed by atoms with E-state index in [2.05, 4.69) is 22.4 Å². The van der Waals surface area contributed by atoms with Gasteiger partial charge in [-0.15, -0.1) is 5.10 Å². The van der Waals surface area contributed by atoms with E-state index in [0.29, 0.717) is 5.88 Å². The van der Waals surface area contributed by atoms with Crippen molar-refractivity contribution < 1.29 is 4.74 Å². The monoisotopic (exact) mass is 221 g/mol. The molecule has 0 aromatic carbocycles. The van der Waals surface area contributed by atoms with Crippen molar-refractivity contribution in [3.8, 4) is 5.88 Å². The minimum absolute atomic E-state index is 0.645. The molecule has 4 heteroatoms. The third-order valence-electron chi connectivity index (χ3n) is 2.59. The third-order valence-corrected chi connectivity index (χ3v) is 2.59. The summed E-state index contributed by atoms with van der Waals surface area (Å²) in [6.45, 7) is 4.74. The van der Waals surface area contributed by atoms with Crippen LogP contribution in [0.15, 0.2) is 12.1 Å². The van der Waals surface area contributed by atoms with E-state index in [-0.39, 0.29) is 0 Å². The van der Waals surface area contributed by atoms with Gasteiger partial charge in [-0.1, -0.05) is 6.92 Å². The van der Waals surface area contributed by atoms with Crippen LogP contribution in [0.25, 0.3) is 0 Å². The molecule has 1 fully saturated rings. The lowest BCUT2D eigenvalue weighted by Gasteiger charge is -2.04. The molecule has 4 nitrogen and oxygen atoms in total. The van der Waals surface area contributed by atoms with Crippen LogP contribution >= 0.6 is 0 Å². The van der Waals surface area contributed by atoms with E-state index < -0.39 is 0 Å². The number of aromatic nitrogens is 2. The van der Waals surface area contributed by atoms with Crippen molar-refractivity contribution in [2.75, 3.05) is 13.2 Å². The molecule has 0 radical (unpaired) electrons. The van der Waals surface area contributed by atoms with Crippen molar-refractivity contribution in [1.29, 1.82) is 0 Å². The average molecular weight is 221 g/mol. The van der Waals surface area contributed by atoms with Crippen molar-refractivity contribution in [2.24, 2.45) is 5.92 Å². The molecule has 1 N–H and O–H groups in total. The topological polar surface area (TPSA) is 47.0 Å². The second kappa shape index (κ2) is 5.80. The number of hydrogen-bond donors (Lipinski definition) is 1. The van der Waals surface area contributed by atoms with E-state index in [1.165, 1.54) is 12.8 Å². The predicted molar refractivity (Wildman–Crippen MR) is 62.2 cm³/mol. The Labute approximate surface area is 96.4 Å². The first kappa shape index (κ1) is 11.3. The van der Waals surface area contributed by atoms with Gasteiger partial charge in [0.05, 0.1) is 12.3 Å². The summed E-state index contributed by atoms with van der Waals surface area (Å²) in [4.78, 5) is 0. The van der Waals surface area contributed by atoms with Crippen LogP contribution < -0.4 is 10.1 Å². The Hall–Kier alpha value is -1.16. The smallest absolute Gasteiger partial charge is 0.233 e. The van der Waals surface area contributed by atoms with Crippen LogP contribution in [0.3, 0.4) is 0 Å². The minimum atomic E-state index is 0.645. The van der Waals surface area contributed by atoms with E-state index >= 15 is 0 Å². The highest BCUT2D eigenvalue weighted by Gasteiger charge is 2.22. The van der Waals surface area contributed by atoms with Gasteiger partial charge in [0, 0.05) is 12.6 Å². The van der Waals surface area contributed by atoms with Crippen molar-refractivity contribution in [3.05, 3.63) is 17.8 Å². The highest BCUT2D eigenvalue weighted by atomic mass is 16.5. The van der Waals surface area contributed by atoms with Crippen LogP contribution in [0.4, 0.5) is 0 Å². The lowest BCUT2D eigenvalue weighted by Crippen LogP contribution is -2.15. The molecule has 1 aromatic heterocycles. The van der Waals surface area contributed by atoms with E-state index in [1.807, 2.05) is 12.1 Å². The molecule has 1 heterocycles. The fourth-order valence-corrected chi connectivity index (χ4v) is 1.40. The van der Waals surface area contributed by atoms with Gasteiger partial charge < -0.3 is 10.1 Å². The number of rotatable bonds is 7. The van der Waals surface area contributed by atoms with Crippen LogP contribution in [0.2, 0.25) is 0 Å². The molecule has 1 saturated carbocycles. The Morgan fingerprint density at radius 3 is 2.88 bits per heavy atom. The third kappa shape index (κ3) is 3.77. The minimum Gasteiger partial charge on any atom is -0.476 e. The van der Waals surface area contributed by atoms with E-state index in [0.717, 1.165) is 37.7 Å². The Bertz CT molecular complexity index is 309. The zero-order chi connectivity index (χ0) is 11.2. The Balaban J connectivity index is 1.74. The summed E-state index contributed by atoms with van der Waals surface area (Å²) in [7, 11) is 0. The summed E-state index contributed by atoms with van der Waals surface area (Å²) in [5.41, 5.74) is 0.965. The number of ether oxygens (including phenoxy) is 1. The van der Waals surface area contributed by atoms with Gasteiger partial charge in [-0.3, -0.25) is 0 Å². The van der Waals surface area contributed by atoms with Crippen molar-refractivity contribution in [1.82, 2.24) is 15.5 Å². The summed E-state index contributed by atoms with van der Waals surface area (Å²) < 4.78 is 5.52. The van der Waals surface area contributed by atoms with Crippen LogP contribution in [0.1, 0.15) is 31.9 Å². The highest BCUT2D eigenvalue weighted by Crippen LogP contribution is 2.29. The predicted octanol–water partition coefficient (Wildman–Crippen LogP) is 1.76.